The summed E-state index contributed by atoms with van der Waals surface area (Å²) in [5.41, 5.74) is 2.46. The number of aromatic nitrogens is 2. The number of carbonyl (C=O) groups excluding carboxylic acids is 1. The number of anilines is 2. The summed E-state index contributed by atoms with van der Waals surface area (Å²) in [4.78, 5) is 20.7. The molecule has 0 unspecified atom stereocenters. The van der Waals surface area contributed by atoms with E-state index in [2.05, 4.69) is 20.6 Å². The van der Waals surface area contributed by atoms with Crippen molar-refractivity contribution in [2.24, 2.45) is 0 Å². The first-order valence-electron chi connectivity index (χ1n) is 7.81. The Labute approximate surface area is 140 Å². The first-order valence-corrected chi connectivity index (χ1v) is 7.81. The highest BCUT2D eigenvalue weighted by Crippen LogP contribution is 2.23. The Morgan fingerprint density at radius 2 is 1.83 bits per heavy atom. The molecule has 0 radical (unpaired) electrons. The molecule has 0 aliphatic carbocycles. The molecule has 4 N–H and O–H groups in total. The van der Waals surface area contributed by atoms with E-state index in [-0.39, 0.29) is 23.8 Å². The number of aliphatic hydroxyl groups excluding tert-OH is 1. The number of aliphatic hydroxyl groups is 1. The molecule has 0 aliphatic rings. The van der Waals surface area contributed by atoms with Gasteiger partial charge >= 0.3 is 0 Å². The highest BCUT2D eigenvalue weighted by atomic mass is 16.3. The summed E-state index contributed by atoms with van der Waals surface area (Å²) in [5, 5.41) is 24.4. The standard InChI is InChI=1S/C17H22N4O3/c1-11-9-12(2)20-17(19-11)21-13-5-6-15(23)14(10-13)16(24)18-7-3-4-8-22/h5-6,9-10,22-23H,3-4,7-8H2,1-2H3,(H,18,24)(H,19,20,21). The number of hydrogen-bond acceptors (Lipinski definition) is 6. The molecule has 1 heterocycles. The maximum absolute atomic E-state index is 12.1. The van der Waals surface area contributed by atoms with Crippen LogP contribution in [0.4, 0.5) is 11.6 Å². The molecule has 24 heavy (non-hydrogen) atoms. The van der Waals surface area contributed by atoms with Crippen molar-refractivity contribution in [2.45, 2.75) is 26.7 Å². The molecule has 0 bridgehead atoms. The maximum Gasteiger partial charge on any atom is 0.255 e. The minimum absolute atomic E-state index is 0.0937. The summed E-state index contributed by atoms with van der Waals surface area (Å²) in [7, 11) is 0. The van der Waals surface area contributed by atoms with Crippen LogP contribution in [0, 0.1) is 13.8 Å². The van der Waals surface area contributed by atoms with Crippen molar-refractivity contribution in [1.82, 2.24) is 15.3 Å². The normalized spacial score (nSPS) is 10.5. The van der Waals surface area contributed by atoms with Gasteiger partial charge in [0.25, 0.3) is 5.91 Å². The number of unbranched alkanes of at least 4 members (excludes halogenated alkanes) is 1. The molecule has 2 aromatic rings. The van der Waals surface area contributed by atoms with Crippen molar-refractivity contribution < 1.29 is 15.0 Å². The van der Waals surface area contributed by atoms with Crippen LogP contribution in [0.3, 0.4) is 0 Å². The summed E-state index contributed by atoms with van der Waals surface area (Å²) >= 11 is 0. The van der Waals surface area contributed by atoms with Gasteiger partial charge in [0.15, 0.2) is 0 Å². The van der Waals surface area contributed by atoms with E-state index in [0.29, 0.717) is 31.0 Å². The van der Waals surface area contributed by atoms with Crippen molar-refractivity contribution in [3.63, 3.8) is 0 Å². The summed E-state index contributed by atoms with van der Waals surface area (Å²) in [6, 6.07) is 6.53. The third-order valence-corrected chi connectivity index (χ3v) is 3.35. The quantitative estimate of drug-likeness (QED) is 0.457. The van der Waals surface area contributed by atoms with Crippen molar-refractivity contribution in [1.29, 1.82) is 0 Å². The van der Waals surface area contributed by atoms with Crippen LogP contribution in [0.1, 0.15) is 34.6 Å². The van der Waals surface area contributed by atoms with Gasteiger partial charge in [-0.25, -0.2) is 9.97 Å². The third kappa shape index (κ3) is 4.92. The number of amides is 1. The van der Waals surface area contributed by atoms with Crippen LogP contribution in [0.2, 0.25) is 0 Å². The lowest BCUT2D eigenvalue weighted by Crippen LogP contribution is -2.24. The second-order valence-corrected chi connectivity index (χ2v) is 5.52. The van der Waals surface area contributed by atoms with Crippen LogP contribution < -0.4 is 10.6 Å². The van der Waals surface area contributed by atoms with Crippen LogP contribution in [0.25, 0.3) is 0 Å². The van der Waals surface area contributed by atoms with E-state index in [9.17, 15) is 9.90 Å². The lowest BCUT2D eigenvalue weighted by atomic mass is 10.1. The summed E-state index contributed by atoms with van der Waals surface area (Å²) in [6.45, 7) is 4.29. The van der Waals surface area contributed by atoms with Gasteiger partial charge in [0.1, 0.15) is 5.75 Å². The molecule has 0 aliphatic heterocycles. The molecule has 1 aromatic heterocycles. The van der Waals surface area contributed by atoms with Crippen molar-refractivity contribution in [3.05, 3.63) is 41.2 Å². The number of phenols is 1. The van der Waals surface area contributed by atoms with E-state index in [1.165, 1.54) is 6.07 Å². The molecule has 0 fully saturated rings. The highest BCUT2D eigenvalue weighted by molar-refractivity contribution is 5.97. The summed E-state index contributed by atoms with van der Waals surface area (Å²) < 4.78 is 0. The van der Waals surface area contributed by atoms with Crippen LogP contribution in [0.5, 0.6) is 5.75 Å². The minimum atomic E-state index is -0.365. The number of carbonyl (C=O) groups is 1. The molecule has 0 saturated carbocycles. The number of benzene rings is 1. The van der Waals surface area contributed by atoms with E-state index >= 15 is 0 Å². The molecule has 7 nitrogen and oxygen atoms in total. The zero-order valence-corrected chi connectivity index (χ0v) is 13.8. The number of phenolic OH excluding ortho intramolecular Hbond substituents is 1. The second kappa shape index (κ2) is 8.26. The zero-order valence-electron chi connectivity index (χ0n) is 13.8. The fourth-order valence-electron chi connectivity index (χ4n) is 2.24. The molecule has 0 saturated heterocycles. The van der Waals surface area contributed by atoms with Gasteiger partial charge in [0.05, 0.1) is 5.56 Å². The Morgan fingerprint density at radius 1 is 1.12 bits per heavy atom. The molecular formula is C17H22N4O3. The largest absolute Gasteiger partial charge is 0.507 e. The minimum Gasteiger partial charge on any atom is -0.507 e. The predicted molar refractivity (Wildman–Crippen MR) is 91.5 cm³/mol. The number of aryl methyl sites for hydroxylation is 2. The van der Waals surface area contributed by atoms with Crippen molar-refractivity contribution in [2.75, 3.05) is 18.5 Å². The fraction of sp³-hybridized carbons (Fsp3) is 0.353. The number of aromatic hydroxyl groups is 1. The molecule has 0 spiro atoms. The molecule has 1 aromatic carbocycles. The average molecular weight is 330 g/mol. The van der Waals surface area contributed by atoms with Gasteiger partial charge in [-0.2, -0.15) is 0 Å². The Balaban J connectivity index is 2.11. The van der Waals surface area contributed by atoms with E-state index < -0.39 is 0 Å². The zero-order chi connectivity index (χ0) is 17.5. The molecule has 1 amide bonds. The first-order chi connectivity index (χ1) is 11.5. The molecular weight excluding hydrogens is 308 g/mol. The number of nitrogens with zero attached hydrogens (tertiary/aromatic N) is 2. The van der Waals surface area contributed by atoms with Gasteiger partial charge in [-0.15, -0.1) is 0 Å². The summed E-state index contributed by atoms with van der Waals surface area (Å²) in [6.07, 6.45) is 1.30. The van der Waals surface area contributed by atoms with Gasteiger partial charge in [-0.05, 0) is 51.0 Å². The van der Waals surface area contributed by atoms with Gasteiger partial charge in [-0.1, -0.05) is 0 Å². The topological polar surface area (TPSA) is 107 Å². The molecule has 2 rings (SSSR count). The molecule has 128 valence electrons. The maximum atomic E-state index is 12.1. The van der Waals surface area contributed by atoms with Gasteiger partial charge in [-0.3, -0.25) is 4.79 Å². The SMILES string of the molecule is Cc1cc(C)nc(Nc2ccc(O)c(C(=O)NCCCCO)c2)n1. The van der Waals surface area contributed by atoms with E-state index in [1.54, 1.807) is 12.1 Å². The van der Waals surface area contributed by atoms with E-state index in [1.807, 2.05) is 19.9 Å². The predicted octanol–water partition coefficient (Wildman–Crippen LogP) is 2.04. The van der Waals surface area contributed by atoms with Crippen LogP contribution in [-0.2, 0) is 0 Å². The lowest BCUT2D eigenvalue weighted by molar-refractivity contribution is 0.0949. The number of nitrogens with one attached hydrogen (secondary N) is 2. The second-order valence-electron chi connectivity index (χ2n) is 5.52. The number of hydrogen-bond donors (Lipinski definition) is 4. The van der Waals surface area contributed by atoms with Gasteiger partial charge in [0, 0.05) is 30.2 Å². The van der Waals surface area contributed by atoms with Gasteiger partial charge < -0.3 is 20.8 Å². The summed E-state index contributed by atoms with van der Waals surface area (Å²) in [5.74, 6) is -0.0236. The number of rotatable bonds is 7. The van der Waals surface area contributed by atoms with Crippen LogP contribution >= 0.6 is 0 Å². The Kier molecular flexibility index (Phi) is 6.08. The van der Waals surface area contributed by atoms with E-state index in [0.717, 1.165) is 11.4 Å². The van der Waals surface area contributed by atoms with Crippen LogP contribution in [-0.4, -0.2) is 39.2 Å². The van der Waals surface area contributed by atoms with Gasteiger partial charge in [0.2, 0.25) is 5.95 Å². The smallest absolute Gasteiger partial charge is 0.255 e. The molecule has 0 atom stereocenters. The van der Waals surface area contributed by atoms with E-state index in [4.69, 9.17) is 5.11 Å². The Morgan fingerprint density at radius 3 is 2.50 bits per heavy atom. The van der Waals surface area contributed by atoms with Crippen molar-refractivity contribution in [3.8, 4) is 5.75 Å². The van der Waals surface area contributed by atoms with Crippen molar-refractivity contribution >= 4 is 17.5 Å². The van der Waals surface area contributed by atoms with Crippen LogP contribution in [0.15, 0.2) is 24.3 Å². The third-order valence-electron chi connectivity index (χ3n) is 3.35. The fourth-order valence-corrected chi connectivity index (χ4v) is 2.24. The highest BCUT2D eigenvalue weighted by Gasteiger charge is 2.12. The lowest BCUT2D eigenvalue weighted by Gasteiger charge is -2.10. The first kappa shape index (κ1) is 17.7. The Bertz CT molecular complexity index is 699. The molecule has 7 heteroatoms. The monoisotopic (exact) mass is 330 g/mol. The Hall–Kier alpha value is -2.67. The average Bonchev–Trinajstić information content (AvgIpc) is 2.52.